The molecule has 1 aliphatic rings. The first kappa shape index (κ1) is 16.6. The van der Waals surface area contributed by atoms with Crippen LogP contribution in [0.15, 0.2) is 42.5 Å². The van der Waals surface area contributed by atoms with Gasteiger partial charge in [-0.1, -0.05) is 18.2 Å². The molecule has 0 bridgehead atoms. The Labute approximate surface area is 142 Å². The van der Waals surface area contributed by atoms with E-state index >= 15 is 0 Å². The summed E-state index contributed by atoms with van der Waals surface area (Å²) < 4.78 is 13.8. The zero-order valence-electron chi connectivity index (χ0n) is 13.1. The predicted molar refractivity (Wildman–Crippen MR) is 87.9 cm³/mol. The van der Waals surface area contributed by atoms with Gasteiger partial charge in [0, 0.05) is 18.3 Å². The topological polar surface area (TPSA) is 92.6 Å². The molecule has 0 saturated carbocycles. The van der Waals surface area contributed by atoms with Gasteiger partial charge in [0.1, 0.15) is 5.82 Å². The van der Waals surface area contributed by atoms with Crippen LogP contribution in [0.25, 0.3) is 0 Å². The lowest BCUT2D eigenvalue weighted by Crippen LogP contribution is -2.39. The van der Waals surface area contributed by atoms with Crippen molar-refractivity contribution in [3.63, 3.8) is 0 Å². The number of non-ortho nitro benzene ring substituents is 1. The van der Waals surface area contributed by atoms with E-state index < -0.39 is 22.3 Å². The van der Waals surface area contributed by atoms with Gasteiger partial charge in [0.25, 0.3) is 11.6 Å². The number of anilines is 1. The molecule has 0 spiro atoms. The fourth-order valence-corrected chi connectivity index (χ4v) is 2.75. The Morgan fingerprint density at radius 1 is 1.24 bits per heavy atom. The number of rotatable bonds is 4. The van der Waals surface area contributed by atoms with Crippen LogP contribution >= 0.6 is 0 Å². The average molecular weight is 343 g/mol. The second kappa shape index (κ2) is 6.68. The van der Waals surface area contributed by atoms with Gasteiger partial charge in [-0.25, -0.2) is 4.39 Å². The molecule has 1 N–H and O–H groups in total. The first-order valence-electron chi connectivity index (χ1n) is 7.58. The minimum absolute atomic E-state index is 0.288. The third-order valence-electron chi connectivity index (χ3n) is 4.00. The Bertz CT molecular complexity index is 869. The van der Waals surface area contributed by atoms with Crippen LogP contribution in [0.1, 0.15) is 15.9 Å². The number of para-hydroxylation sites is 1. The normalized spacial score (nSPS) is 12.6. The molecule has 0 radical (unpaired) electrons. The molecule has 2 aromatic carbocycles. The van der Waals surface area contributed by atoms with E-state index in [4.69, 9.17) is 0 Å². The number of nitro groups is 1. The third kappa shape index (κ3) is 3.32. The number of carbonyl (C=O) groups is 2. The summed E-state index contributed by atoms with van der Waals surface area (Å²) in [4.78, 5) is 35.7. The maximum atomic E-state index is 13.8. The Morgan fingerprint density at radius 3 is 2.72 bits per heavy atom. The van der Waals surface area contributed by atoms with Gasteiger partial charge in [0.15, 0.2) is 0 Å². The maximum Gasteiger partial charge on any atom is 0.272 e. The Hall–Kier alpha value is -3.29. The van der Waals surface area contributed by atoms with E-state index in [1.54, 1.807) is 4.90 Å². The van der Waals surface area contributed by atoms with E-state index in [9.17, 15) is 24.1 Å². The molecule has 128 valence electrons. The van der Waals surface area contributed by atoms with Crippen LogP contribution in [0.2, 0.25) is 0 Å². The van der Waals surface area contributed by atoms with Gasteiger partial charge >= 0.3 is 0 Å². The monoisotopic (exact) mass is 343 g/mol. The molecular formula is C17H14FN3O4. The van der Waals surface area contributed by atoms with Crippen LogP contribution < -0.4 is 10.2 Å². The largest absolute Gasteiger partial charge is 0.343 e. The number of nitro benzene ring substituents is 1. The molecule has 2 aromatic rings. The lowest BCUT2D eigenvalue weighted by molar-refractivity contribution is -0.385. The maximum absolute atomic E-state index is 13.8. The number of hydrogen-bond donors (Lipinski definition) is 1. The van der Waals surface area contributed by atoms with Crippen LogP contribution in [0, 0.1) is 15.9 Å². The molecule has 3 rings (SSSR count). The summed E-state index contributed by atoms with van der Waals surface area (Å²) in [7, 11) is 0. The van der Waals surface area contributed by atoms with Crippen molar-refractivity contribution < 1.29 is 18.9 Å². The van der Waals surface area contributed by atoms with Gasteiger partial charge in [-0.05, 0) is 24.1 Å². The van der Waals surface area contributed by atoms with Gasteiger partial charge in [-0.2, -0.15) is 0 Å². The molecule has 0 fully saturated rings. The van der Waals surface area contributed by atoms with Gasteiger partial charge in [0.2, 0.25) is 5.91 Å². The molecular weight excluding hydrogens is 329 g/mol. The standard InChI is InChI=1S/C17H14FN3O4/c18-14-9-12(21(24)25)5-6-13(14)17(23)19-10-16(22)20-8-7-11-3-1-2-4-15(11)20/h1-6,9H,7-8,10H2,(H,19,23). The van der Waals surface area contributed by atoms with E-state index in [1.165, 1.54) is 0 Å². The third-order valence-corrected chi connectivity index (χ3v) is 4.00. The molecule has 1 heterocycles. The number of hydrogen-bond acceptors (Lipinski definition) is 4. The van der Waals surface area contributed by atoms with Gasteiger partial charge in [0.05, 0.1) is 23.1 Å². The molecule has 7 nitrogen and oxygen atoms in total. The lowest BCUT2D eigenvalue weighted by Gasteiger charge is -2.17. The number of benzene rings is 2. The van der Waals surface area contributed by atoms with E-state index in [0.717, 1.165) is 29.8 Å². The zero-order chi connectivity index (χ0) is 18.0. The highest BCUT2D eigenvalue weighted by Gasteiger charge is 2.24. The fraction of sp³-hybridized carbons (Fsp3) is 0.176. The van der Waals surface area contributed by atoms with Crippen molar-refractivity contribution >= 4 is 23.2 Å². The Balaban J connectivity index is 1.65. The molecule has 1 aliphatic heterocycles. The minimum Gasteiger partial charge on any atom is -0.343 e. The Kier molecular flexibility index (Phi) is 4.42. The predicted octanol–water partition coefficient (Wildman–Crippen LogP) is 2.05. The summed E-state index contributed by atoms with van der Waals surface area (Å²) in [5.74, 6) is -2.11. The molecule has 0 aliphatic carbocycles. The second-order valence-corrected chi connectivity index (χ2v) is 5.53. The van der Waals surface area contributed by atoms with Crippen LogP contribution in [-0.4, -0.2) is 29.8 Å². The minimum atomic E-state index is -1.01. The van der Waals surface area contributed by atoms with Crippen molar-refractivity contribution in [2.45, 2.75) is 6.42 Å². The van der Waals surface area contributed by atoms with E-state index in [1.807, 2.05) is 24.3 Å². The molecule has 0 saturated heterocycles. The van der Waals surface area contributed by atoms with Crippen molar-refractivity contribution in [3.05, 3.63) is 69.5 Å². The summed E-state index contributed by atoms with van der Waals surface area (Å²) in [5.41, 5.74) is 1.07. The van der Waals surface area contributed by atoms with E-state index in [0.29, 0.717) is 12.6 Å². The number of nitrogens with zero attached hydrogens (tertiary/aromatic N) is 2. The average Bonchev–Trinajstić information content (AvgIpc) is 3.03. The quantitative estimate of drug-likeness (QED) is 0.679. The summed E-state index contributed by atoms with van der Waals surface area (Å²) in [5, 5.41) is 12.9. The highest BCUT2D eigenvalue weighted by molar-refractivity contribution is 6.01. The van der Waals surface area contributed by atoms with Gasteiger partial charge < -0.3 is 10.2 Å². The number of fused-ring (bicyclic) bond motifs is 1. The number of nitrogens with one attached hydrogen (secondary N) is 1. The van der Waals surface area contributed by atoms with Crippen molar-refractivity contribution in [1.29, 1.82) is 0 Å². The van der Waals surface area contributed by atoms with Crippen LogP contribution in [0.4, 0.5) is 15.8 Å². The van der Waals surface area contributed by atoms with E-state index in [2.05, 4.69) is 5.32 Å². The summed E-state index contributed by atoms with van der Waals surface area (Å²) >= 11 is 0. The molecule has 0 atom stereocenters. The molecule has 8 heteroatoms. The zero-order valence-corrected chi connectivity index (χ0v) is 13.1. The molecule has 2 amide bonds. The highest BCUT2D eigenvalue weighted by atomic mass is 19.1. The summed E-state index contributed by atoms with van der Waals surface area (Å²) in [6, 6.07) is 10.2. The van der Waals surface area contributed by atoms with Gasteiger partial charge in [-0.15, -0.1) is 0 Å². The number of carbonyl (C=O) groups excluding carboxylic acids is 2. The summed E-state index contributed by atoms with van der Waals surface area (Å²) in [6.07, 6.45) is 0.743. The SMILES string of the molecule is O=C(NCC(=O)N1CCc2ccccc21)c1ccc([N+](=O)[O-])cc1F. The Morgan fingerprint density at radius 2 is 2.00 bits per heavy atom. The number of halogens is 1. The molecule has 0 unspecified atom stereocenters. The molecule has 0 aromatic heterocycles. The lowest BCUT2D eigenvalue weighted by atomic mass is 10.2. The fourth-order valence-electron chi connectivity index (χ4n) is 2.75. The summed E-state index contributed by atoms with van der Waals surface area (Å²) in [6.45, 7) is 0.240. The molecule has 25 heavy (non-hydrogen) atoms. The van der Waals surface area contributed by atoms with Crippen molar-refractivity contribution in [2.75, 3.05) is 18.0 Å². The van der Waals surface area contributed by atoms with Crippen molar-refractivity contribution in [3.8, 4) is 0 Å². The smallest absolute Gasteiger partial charge is 0.272 e. The van der Waals surface area contributed by atoms with Crippen LogP contribution in [0.3, 0.4) is 0 Å². The van der Waals surface area contributed by atoms with Crippen molar-refractivity contribution in [1.82, 2.24) is 5.32 Å². The first-order valence-corrected chi connectivity index (χ1v) is 7.58. The van der Waals surface area contributed by atoms with Crippen LogP contribution in [0.5, 0.6) is 0 Å². The highest BCUT2D eigenvalue weighted by Crippen LogP contribution is 2.27. The van der Waals surface area contributed by atoms with Crippen LogP contribution in [-0.2, 0) is 11.2 Å². The van der Waals surface area contributed by atoms with Gasteiger partial charge in [-0.3, -0.25) is 19.7 Å². The number of amides is 2. The van der Waals surface area contributed by atoms with Crippen molar-refractivity contribution in [2.24, 2.45) is 0 Å². The first-order chi connectivity index (χ1) is 12.0. The second-order valence-electron chi connectivity index (χ2n) is 5.53. The van der Waals surface area contributed by atoms with E-state index in [-0.39, 0.29) is 18.0 Å².